The van der Waals surface area contributed by atoms with E-state index in [1.54, 1.807) is 0 Å². The molecular formula is C9H6FN3O3. The molecule has 1 amide bonds. The van der Waals surface area contributed by atoms with Crippen molar-refractivity contribution in [3.05, 3.63) is 45.9 Å². The van der Waals surface area contributed by atoms with Crippen molar-refractivity contribution in [1.82, 2.24) is 0 Å². The Hall–Kier alpha value is -2.53. The van der Waals surface area contributed by atoms with Gasteiger partial charge in [0.15, 0.2) is 0 Å². The maximum Gasteiger partial charge on any atom is 0.394 e. The number of hydrogen-bond donors (Lipinski definition) is 2. The lowest BCUT2D eigenvalue weighted by Crippen LogP contribution is -2.20. The molecule has 0 atom stereocenters. The summed E-state index contributed by atoms with van der Waals surface area (Å²) in [5, 5.41) is 18.8. The fraction of sp³-hybridized carbons (Fsp3) is 0. The predicted octanol–water partition coefficient (Wildman–Crippen LogP) is 1.17. The van der Waals surface area contributed by atoms with Crippen LogP contribution in [0.15, 0.2) is 30.0 Å². The highest BCUT2D eigenvalue weighted by molar-refractivity contribution is 6.06. The summed E-state index contributed by atoms with van der Waals surface area (Å²) in [6.45, 7) is 0. The molecule has 0 spiro atoms. The van der Waals surface area contributed by atoms with Crippen molar-refractivity contribution in [1.29, 1.82) is 5.41 Å². The summed E-state index contributed by atoms with van der Waals surface area (Å²) in [5.74, 6) is -0.535. The Labute approximate surface area is 89.1 Å². The van der Waals surface area contributed by atoms with Crippen LogP contribution in [-0.2, 0) is 4.79 Å². The lowest BCUT2D eigenvalue weighted by atomic mass is 10.3. The van der Waals surface area contributed by atoms with E-state index in [4.69, 9.17) is 5.41 Å². The maximum absolute atomic E-state index is 13.1. The summed E-state index contributed by atoms with van der Waals surface area (Å²) in [5.41, 5.74) is -1.27. The highest BCUT2D eigenvalue weighted by Gasteiger charge is 2.22. The van der Waals surface area contributed by atoms with E-state index in [2.05, 4.69) is 0 Å². The standard InChI is InChI=1S/C9H6FN3O3/c10-6-3-1-2-4-7(6)12-9(14)8(5-11)13(15)16/h1-4,11H,(H,12,14). The number of para-hydroxylation sites is 1. The van der Waals surface area contributed by atoms with Crippen molar-refractivity contribution in [3.8, 4) is 0 Å². The molecule has 1 aromatic carbocycles. The Morgan fingerprint density at radius 3 is 2.62 bits per heavy atom. The molecule has 2 N–H and O–H groups in total. The zero-order chi connectivity index (χ0) is 12.1. The first-order valence-corrected chi connectivity index (χ1v) is 4.06. The SMILES string of the molecule is N=C=C(C(=O)Nc1ccccc1F)[N+](=O)[O-]. The number of amides is 1. The largest absolute Gasteiger partial charge is 0.394 e. The van der Waals surface area contributed by atoms with Crippen LogP contribution < -0.4 is 5.32 Å². The van der Waals surface area contributed by atoms with Crippen LogP contribution >= 0.6 is 0 Å². The van der Waals surface area contributed by atoms with Crippen molar-refractivity contribution in [2.24, 2.45) is 0 Å². The van der Waals surface area contributed by atoms with Crippen LogP contribution in [0.3, 0.4) is 0 Å². The van der Waals surface area contributed by atoms with Crippen LogP contribution in [0, 0.1) is 21.3 Å². The second-order valence-electron chi connectivity index (χ2n) is 2.66. The summed E-state index contributed by atoms with van der Waals surface area (Å²) in [4.78, 5) is 20.4. The smallest absolute Gasteiger partial charge is 0.313 e. The van der Waals surface area contributed by atoms with Gasteiger partial charge in [0.1, 0.15) is 5.82 Å². The third-order valence-corrected chi connectivity index (χ3v) is 1.64. The van der Waals surface area contributed by atoms with Crippen molar-refractivity contribution in [2.45, 2.75) is 0 Å². The molecule has 0 bridgehead atoms. The summed E-state index contributed by atoms with van der Waals surface area (Å²) in [6, 6.07) is 5.20. The summed E-state index contributed by atoms with van der Waals surface area (Å²) < 4.78 is 13.1. The Bertz CT molecular complexity index is 495. The van der Waals surface area contributed by atoms with Crippen LogP contribution in [0.5, 0.6) is 0 Å². The predicted molar refractivity (Wildman–Crippen MR) is 53.3 cm³/mol. The Kier molecular flexibility index (Phi) is 3.47. The van der Waals surface area contributed by atoms with Crippen LogP contribution in [0.25, 0.3) is 0 Å². The zero-order valence-corrected chi connectivity index (χ0v) is 7.86. The number of nitro groups is 1. The van der Waals surface area contributed by atoms with Gasteiger partial charge in [-0.2, -0.15) is 0 Å². The van der Waals surface area contributed by atoms with Gasteiger partial charge in [0.2, 0.25) is 0 Å². The number of rotatable bonds is 3. The molecule has 82 valence electrons. The summed E-state index contributed by atoms with van der Waals surface area (Å²) in [7, 11) is 0. The minimum absolute atomic E-state index is 0.192. The van der Waals surface area contributed by atoms with E-state index in [0.717, 1.165) is 6.07 Å². The molecule has 0 aliphatic rings. The third kappa shape index (κ3) is 2.49. The Balaban J connectivity index is 2.92. The van der Waals surface area contributed by atoms with Gasteiger partial charge in [-0.15, -0.1) is 0 Å². The van der Waals surface area contributed by atoms with Crippen molar-refractivity contribution in [2.75, 3.05) is 5.32 Å². The second kappa shape index (κ2) is 4.81. The number of carbonyl (C=O) groups is 1. The molecule has 0 aromatic heterocycles. The van der Waals surface area contributed by atoms with Gasteiger partial charge >= 0.3 is 11.6 Å². The minimum atomic E-state index is -1.19. The molecule has 16 heavy (non-hydrogen) atoms. The average molecular weight is 223 g/mol. The molecule has 0 heterocycles. The highest BCUT2D eigenvalue weighted by atomic mass is 19.1. The van der Waals surface area contributed by atoms with Gasteiger partial charge in [-0.3, -0.25) is 20.3 Å². The first-order chi connectivity index (χ1) is 7.56. The van der Waals surface area contributed by atoms with E-state index in [1.165, 1.54) is 24.1 Å². The van der Waals surface area contributed by atoms with Gasteiger partial charge in [0.05, 0.1) is 16.5 Å². The maximum atomic E-state index is 13.1. The van der Waals surface area contributed by atoms with E-state index in [-0.39, 0.29) is 5.69 Å². The molecule has 0 unspecified atom stereocenters. The van der Waals surface area contributed by atoms with E-state index in [1.807, 2.05) is 5.32 Å². The first-order valence-electron chi connectivity index (χ1n) is 4.06. The van der Waals surface area contributed by atoms with Crippen molar-refractivity contribution >= 4 is 17.5 Å². The molecular weight excluding hydrogens is 217 g/mol. The van der Waals surface area contributed by atoms with Crippen LogP contribution in [-0.4, -0.2) is 16.7 Å². The summed E-state index contributed by atoms with van der Waals surface area (Å²) in [6.07, 6.45) is 0. The second-order valence-corrected chi connectivity index (χ2v) is 2.66. The number of nitrogens with zero attached hydrogens (tertiary/aromatic N) is 1. The van der Waals surface area contributed by atoms with Gasteiger partial charge in [-0.25, -0.2) is 4.39 Å². The van der Waals surface area contributed by atoms with Crippen molar-refractivity contribution in [3.63, 3.8) is 0 Å². The molecule has 1 aromatic rings. The molecule has 0 aliphatic heterocycles. The minimum Gasteiger partial charge on any atom is -0.313 e. The van der Waals surface area contributed by atoms with Gasteiger partial charge in [0.25, 0.3) is 0 Å². The zero-order valence-electron chi connectivity index (χ0n) is 7.86. The topological polar surface area (TPSA) is 96.1 Å². The lowest BCUT2D eigenvalue weighted by molar-refractivity contribution is -0.415. The number of halogens is 1. The molecule has 6 nitrogen and oxygen atoms in total. The summed E-state index contributed by atoms with van der Waals surface area (Å²) >= 11 is 0. The van der Waals surface area contributed by atoms with E-state index < -0.39 is 22.3 Å². The number of anilines is 1. The van der Waals surface area contributed by atoms with Gasteiger partial charge in [-0.1, -0.05) is 12.1 Å². The Morgan fingerprint density at radius 1 is 1.50 bits per heavy atom. The van der Waals surface area contributed by atoms with E-state index in [0.29, 0.717) is 0 Å². The third-order valence-electron chi connectivity index (χ3n) is 1.64. The average Bonchev–Trinajstić information content (AvgIpc) is 2.22. The van der Waals surface area contributed by atoms with Crippen LogP contribution in [0.4, 0.5) is 10.1 Å². The molecule has 1 rings (SSSR count). The molecule has 7 heteroatoms. The normalized spacial score (nSPS) is 9.06. The molecule has 0 saturated heterocycles. The first kappa shape index (κ1) is 11.5. The molecule has 0 radical (unpaired) electrons. The van der Waals surface area contributed by atoms with Crippen molar-refractivity contribution < 1.29 is 14.1 Å². The molecule has 0 fully saturated rings. The van der Waals surface area contributed by atoms with Crippen LogP contribution in [0.1, 0.15) is 0 Å². The van der Waals surface area contributed by atoms with Gasteiger partial charge in [0, 0.05) is 0 Å². The molecule has 0 saturated carbocycles. The molecule has 0 aliphatic carbocycles. The number of carbonyl (C=O) groups excluding carboxylic acids is 1. The van der Waals surface area contributed by atoms with E-state index in [9.17, 15) is 19.3 Å². The monoisotopic (exact) mass is 223 g/mol. The van der Waals surface area contributed by atoms with Gasteiger partial charge < -0.3 is 5.32 Å². The Morgan fingerprint density at radius 2 is 2.12 bits per heavy atom. The fourth-order valence-corrected chi connectivity index (χ4v) is 0.929. The highest BCUT2D eigenvalue weighted by Crippen LogP contribution is 2.12. The lowest BCUT2D eigenvalue weighted by Gasteiger charge is -2.02. The van der Waals surface area contributed by atoms with Crippen LogP contribution in [0.2, 0.25) is 0 Å². The fourth-order valence-electron chi connectivity index (χ4n) is 0.929. The quantitative estimate of drug-likeness (QED) is 0.348. The number of nitrogens with one attached hydrogen (secondary N) is 2. The number of hydrogen-bond acceptors (Lipinski definition) is 4. The van der Waals surface area contributed by atoms with Gasteiger partial charge in [-0.05, 0) is 12.1 Å². The van der Waals surface area contributed by atoms with E-state index >= 15 is 0 Å². The number of benzene rings is 1.